The summed E-state index contributed by atoms with van der Waals surface area (Å²) >= 11 is 0. The number of ether oxygens (including phenoxy) is 1. The topological polar surface area (TPSA) is 48.3 Å². The van der Waals surface area contributed by atoms with Gasteiger partial charge in [0.25, 0.3) is 0 Å². The maximum absolute atomic E-state index is 9.34. The van der Waals surface area contributed by atoms with Gasteiger partial charge in [-0.25, -0.2) is 0 Å². The van der Waals surface area contributed by atoms with Crippen molar-refractivity contribution in [1.82, 2.24) is 5.32 Å². The molecule has 1 unspecified atom stereocenters. The van der Waals surface area contributed by atoms with Gasteiger partial charge in [0, 0.05) is 26.7 Å². The second-order valence-electron chi connectivity index (χ2n) is 5.46. The largest absolute Gasteiger partial charge is 0.381 e. The lowest BCUT2D eigenvalue weighted by molar-refractivity contribution is 0.0576. The van der Waals surface area contributed by atoms with Gasteiger partial charge in [-0.3, -0.25) is 0 Å². The van der Waals surface area contributed by atoms with E-state index in [0.717, 1.165) is 49.5 Å². The van der Waals surface area contributed by atoms with Gasteiger partial charge in [-0.05, 0) is 43.5 Å². The van der Waals surface area contributed by atoms with Crippen LogP contribution in [-0.2, 0) is 11.3 Å². The Balaban J connectivity index is 2.08. The number of nitrogens with zero attached hydrogens (tertiary/aromatic N) is 2. The molecule has 1 aliphatic heterocycles. The number of nitriles is 1. The molecule has 1 N–H and O–H groups in total. The van der Waals surface area contributed by atoms with Crippen LogP contribution < -0.4 is 10.2 Å². The van der Waals surface area contributed by atoms with Crippen LogP contribution in [0.15, 0.2) is 18.2 Å². The third-order valence-corrected chi connectivity index (χ3v) is 3.76. The zero-order valence-electron chi connectivity index (χ0n) is 12.4. The molecule has 1 aromatic carbocycles. The second kappa shape index (κ2) is 7.28. The van der Waals surface area contributed by atoms with E-state index in [9.17, 15) is 5.26 Å². The number of hydrogen-bond acceptors (Lipinski definition) is 4. The fraction of sp³-hybridized carbons (Fsp3) is 0.562. The normalized spacial score (nSPS) is 18.6. The fourth-order valence-electron chi connectivity index (χ4n) is 2.76. The fourth-order valence-corrected chi connectivity index (χ4v) is 2.76. The quantitative estimate of drug-likeness (QED) is 0.893. The average Bonchev–Trinajstić information content (AvgIpc) is 2.48. The highest BCUT2D eigenvalue weighted by Crippen LogP contribution is 2.23. The van der Waals surface area contributed by atoms with Gasteiger partial charge in [-0.15, -0.1) is 0 Å². The molecule has 0 aromatic heterocycles. The second-order valence-corrected chi connectivity index (χ2v) is 5.46. The molecular weight excluding hydrogens is 250 g/mol. The molecule has 4 nitrogen and oxygen atoms in total. The van der Waals surface area contributed by atoms with Gasteiger partial charge in [-0.2, -0.15) is 5.26 Å². The molecular formula is C16H23N3O. The SMILES string of the molecule is CNCc1ccc(N(C)CC2CCCOC2)c(C#N)c1. The standard InChI is InChI=1S/C16H23N3O/c1-18-10-13-5-6-16(15(8-13)9-17)19(2)11-14-4-3-7-20-12-14/h5-6,8,14,18H,3-4,7,10-12H2,1-2H3. The maximum Gasteiger partial charge on any atom is 0.101 e. The van der Waals surface area contributed by atoms with Crippen molar-refractivity contribution in [2.24, 2.45) is 5.92 Å². The van der Waals surface area contributed by atoms with Crippen LogP contribution in [0.5, 0.6) is 0 Å². The highest BCUT2D eigenvalue weighted by Gasteiger charge is 2.17. The van der Waals surface area contributed by atoms with Crippen LogP contribution in [0.2, 0.25) is 0 Å². The molecule has 0 saturated carbocycles. The minimum absolute atomic E-state index is 0.567. The summed E-state index contributed by atoms with van der Waals surface area (Å²) in [5.41, 5.74) is 2.90. The van der Waals surface area contributed by atoms with Crippen LogP contribution in [0, 0.1) is 17.2 Å². The Morgan fingerprint density at radius 2 is 2.35 bits per heavy atom. The van der Waals surface area contributed by atoms with Crippen molar-refractivity contribution in [2.45, 2.75) is 19.4 Å². The summed E-state index contributed by atoms with van der Waals surface area (Å²) in [4.78, 5) is 2.18. The van der Waals surface area contributed by atoms with E-state index in [4.69, 9.17) is 4.74 Å². The van der Waals surface area contributed by atoms with E-state index in [2.05, 4.69) is 35.5 Å². The summed E-state index contributed by atoms with van der Waals surface area (Å²) in [5, 5.41) is 12.5. The number of nitrogens with one attached hydrogen (secondary N) is 1. The summed E-state index contributed by atoms with van der Waals surface area (Å²) in [6.07, 6.45) is 2.36. The Labute approximate surface area is 121 Å². The molecule has 4 heteroatoms. The number of hydrogen-bond donors (Lipinski definition) is 1. The van der Waals surface area contributed by atoms with Gasteiger partial charge >= 0.3 is 0 Å². The van der Waals surface area contributed by atoms with Crippen LogP contribution in [0.1, 0.15) is 24.0 Å². The van der Waals surface area contributed by atoms with Crippen molar-refractivity contribution >= 4 is 5.69 Å². The van der Waals surface area contributed by atoms with Gasteiger partial charge in [0.2, 0.25) is 0 Å². The molecule has 1 aliphatic rings. The molecule has 1 aromatic rings. The molecule has 0 amide bonds. The average molecular weight is 273 g/mol. The zero-order valence-corrected chi connectivity index (χ0v) is 12.4. The Bertz CT molecular complexity index is 475. The first kappa shape index (κ1) is 14.8. The Hall–Kier alpha value is -1.57. The highest BCUT2D eigenvalue weighted by molar-refractivity contribution is 5.60. The van der Waals surface area contributed by atoms with E-state index in [1.807, 2.05) is 13.1 Å². The number of benzene rings is 1. The lowest BCUT2D eigenvalue weighted by Crippen LogP contribution is -2.31. The van der Waals surface area contributed by atoms with Crippen molar-refractivity contribution in [3.63, 3.8) is 0 Å². The van der Waals surface area contributed by atoms with E-state index in [0.29, 0.717) is 5.92 Å². The molecule has 2 rings (SSSR count). The molecule has 1 atom stereocenters. The van der Waals surface area contributed by atoms with Crippen LogP contribution in [-0.4, -0.2) is 33.9 Å². The molecule has 20 heavy (non-hydrogen) atoms. The third kappa shape index (κ3) is 3.72. The van der Waals surface area contributed by atoms with Crippen molar-refractivity contribution in [1.29, 1.82) is 5.26 Å². The van der Waals surface area contributed by atoms with Gasteiger partial charge < -0.3 is 15.0 Å². The van der Waals surface area contributed by atoms with Gasteiger partial charge in [0.1, 0.15) is 6.07 Å². The first-order chi connectivity index (χ1) is 9.74. The Morgan fingerprint density at radius 3 is 3.00 bits per heavy atom. The van der Waals surface area contributed by atoms with Crippen molar-refractivity contribution in [2.75, 3.05) is 38.8 Å². The lowest BCUT2D eigenvalue weighted by atomic mass is 10.0. The minimum atomic E-state index is 0.567. The summed E-state index contributed by atoms with van der Waals surface area (Å²) in [6, 6.07) is 8.42. The monoisotopic (exact) mass is 273 g/mol. The van der Waals surface area contributed by atoms with Gasteiger partial charge in [0.15, 0.2) is 0 Å². The molecule has 0 bridgehead atoms. The predicted molar refractivity (Wildman–Crippen MR) is 80.7 cm³/mol. The van der Waals surface area contributed by atoms with Crippen molar-refractivity contribution < 1.29 is 4.74 Å². The molecule has 108 valence electrons. The highest BCUT2D eigenvalue weighted by atomic mass is 16.5. The van der Waals surface area contributed by atoms with Gasteiger partial charge in [0.05, 0.1) is 17.9 Å². The van der Waals surface area contributed by atoms with Crippen molar-refractivity contribution in [3.05, 3.63) is 29.3 Å². The minimum Gasteiger partial charge on any atom is -0.381 e. The molecule has 1 fully saturated rings. The lowest BCUT2D eigenvalue weighted by Gasteiger charge is -2.29. The molecule has 0 aliphatic carbocycles. The summed E-state index contributed by atoms with van der Waals surface area (Å²) in [6.45, 7) is 3.46. The zero-order chi connectivity index (χ0) is 14.4. The van der Waals surface area contributed by atoms with E-state index in [1.54, 1.807) is 0 Å². The van der Waals surface area contributed by atoms with Gasteiger partial charge in [-0.1, -0.05) is 6.07 Å². The van der Waals surface area contributed by atoms with E-state index in [-0.39, 0.29) is 0 Å². The molecule has 1 saturated heterocycles. The smallest absolute Gasteiger partial charge is 0.101 e. The predicted octanol–water partition coefficient (Wildman–Crippen LogP) is 2.14. The number of rotatable bonds is 5. The Kier molecular flexibility index (Phi) is 5.40. The summed E-state index contributed by atoms with van der Waals surface area (Å²) in [5.74, 6) is 0.567. The molecule has 1 heterocycles. The summed E-state index contributed by atoms with van der Waals surface area (Å²) < 4.78 is 5.53. The molecule has 0 radical (unpaired) electrons. The van der Waals surface area contributed by atoms with Crippen LogP contribution >= 0.6 is 0 Å². The van der Waals surface area contributed by atoms with Crippen molar-refractivity contribution in [3.8, 4) is 6.07 Å². The Morgan fingerprint density at radius 1 is 1.50 bits per heavy atom. The first-order valence-electron chi connectivity index (χ1n) is 7.21. The third-order valence-electron chi connectivity index (χ3n) is 3.76. The van der Waals surface area contributed by atoms with E-state index in [1.165, 1.54) is 6.42 Å². The first-order valence-corrected chi connectivity index (χ1v) is 7.21. The summed E-state index contributed by atoms with van der Waals surface area (Å²) in [7, 11) is 3.97. The molecule has 0 spiro atoms. The van der Waals surface area contributed by atoms with E-state index >= 15 is 0 Å². The van der Waals surface area contributed by atoms with Crippen LogP contribution in [0.4, 0.5) is 5.69 Å². The van der Waals surface area contributed by atoms with Crippen LogP contribution in [0.3, 0.4) is 0 Å². The number of anilines is 1. The maximum atomic E-state index is 9.34. The van der Waals surface area contributed by atoms with Crippen LogP contribution in [0.25, 0.3) is 0 Å². The van der Waals surface area contributed by atoms with E-state index < -0.39 is 0 Å².